The fraction of sp³-hybridized carbons (Fsp3) is 0.586. The van der Waals surface area contributed by atoms with Crippen LogP contribution in [-0.4, -0.2) is 39.3 Å². The van der Waals surface area contributed by atoms with Crippen LogP contribution in [0.3, 0.4) is 0 Å². The zero-order valence-corrected chi connectivity index (χ0v) is 25.7. The maximum atomic E-state index is 3.60. The highest BCUT2D eigenvalue weighted by Crippen LogP contribution is 2.02. The lowest BCUT2D eigenvalue weighted by Crippen LogP contribution is -2.20. The number of unbranched alkanes of at least 4 members (excludes halogenated alkanes) is 6. The van der Waals surface area contributed by atoms with Crippen molar-refractivity contribution in [2.24, 2.45) is 0 Å². The van der Waals surface area contributed by atoms with Gasteiger partial charge < -0.3 is 21.3 Å². The van der Waals surface area contributed by atoms with Crippen LogP contribution in [0.15, 0.2) is 60.7 Å². The van der Waals surface area contributed by atoms with Crippen molar-refractivity contribution < 1.29 is 0 Å². The molecule has 216 valence electrons. The second-order valence-corrected chi connectivity index (χ2v) is 9.01. The van der Waals surface area contributed by atoms with Crippen molar-refractivity contribution >= 4 is 49.6 Å². The van der Waals surface area contributed by atoms with Crippen LogP contribution < -0.4 is 21.3 Å². The molecule has 0 unspecified atom stereocenters. The van der Waals surface area contributed by atoms with Crippen molar-refractivity contribution in [3.63, 3.8) is 0 Å². The molecule has 0 fully saturated rings. The summed E-state index contributed by atoms with van der Waals surface area (Å²) in [5, 5.41) is 14.2. The van der Waals surface area contributed by atoms with Crippen LogP contribution in [0.25, 0.3) is 0 Å². The molecule has 8 heteroatoms. The Bertz CT molecular complexity index is 608. The smallest absolute Gasteiger partial charge is 0.0205 e. The first kappa shape index (κ1) is 40.9. The summed E-state index contributed by atoms with van der Waals surface area (Å²) in [6, 6.07) is 21.3. The number of hydrogen-bond donors (Lipinski definition) is 4. The minimum Gasteiger partial charge on any atom is -0.317 e. The molecule has 0 radical (unpaired) electrons. The Morgan fingerprint density at radius 2 is 0.595 bits per heavy atom. The van der Waals surface area contributed by atoms with Gasteiger partial charge in [0.15, 0.2) is 0 Å². The van der Waals surface area contributed by atoms with Gasteiger partial charge in [-0.05, 0) is 88.9 Å². The number of benzene rings is 2. The lowest BCUT2D eigenvalue weighted by Gasteiger charge is -2.07. The predicted octanol–water partition coefficient (Wildman–Crippen LogP) is 6.94. The van der Waals surface area contributed by atoms with Gasteiger partial charge in [-0.3, -0.25) is 0 Å². The molecule has 0 aliphatic heterocycles. The molecule has 0 spiro atoms. The Morgan fingerprint density at radius 3 is 0.946 bits per heavy atom. The van der Waals surface area contributed by atoms with E-state index in [1.165, 1.54) is 82.0 Å². The Labute approximate surface area is 252 Å². The summed E-state index contributed by atoms with van der Waals surface area (Å²) < 4.78 is 0. The van der Waals surface area contributed by atoms with Gasteiger partial charge in [-0.15, -0.1) is 49.6 Å². The Morgan fingerprint density at radius 1 is 0.324 bits per heavy atom. The molecule has 2 aromatic carbocycles. The summed E-state index contributed by atoms with van der Waals surface area (Å²) in [5.41, 5.74) is 2.74. The fourth-order valence-corrected chi connectivity index (χ4v) is 3.94. The minimum atomic E-state index is 0. The van der Waals surface area contributed by atoms with E-state index >= 15 is 0 Å². The van der Waals surface area contributed by atoms with E-state index in [4.69, 9.17) is 0 Å². The van der Waals surface area contributed by atoms with Crippen molar-refractivity contribution in [3.8, 4) is 0 Å². The molecule has 2 rings (SSSR count). The number of hydrogen-bond acceptors (Lipinski definition) is 4. The average molecular weight is 599 g/mol. The maximum absolute atomic E-state index is 3.60. The standard InChI is InChI=1S/C29H48N4.4ClH/c1(2-10-20-30-22-12-14-24-32-26-28-16-6-4-7-17-28)3-11-21-31-23-13-15-25-33-27-29-18-8-5-9-19-29;;;;/h4-9,16-19,30-33H,1-3,10-15,20-27H2;4*1H. The SMILES string of the molecule is Cl.Cl.Cl.Cl.c1ccc(CNCCCCNCCCCCCCNCCCCNCc2ccccc2)cc1. The largest absolute Gasteiger partial charge is 0.317 e. The van der Waals surface area contributed by atoms with Crippen LogP contribution in [-0.2, 0) is 13.1 Å². The van der Waals surface area contributed by atoms with Crippen LogP contribution in [0.1, 0.15) is 68.9 Å². The molecule has 0 atom stereocenters. The van der Waals surface area contributed by atoms with Gasteiger partial charge in [-0.2, -0.15) is 0 Å². The summed E-state index contributed by atoms with van der Waals surface area (Å²) >= 11 is 0. The van der Waals surface area contributed by atoms with E-state index in [-0.39, 0.29) is 49.6 Å². The first-order valence-electron chi connectivity index (χ1n) is 13.4. The lowest BCUT2D eigenvalue weighted by molar-refractivity contribution is 0.533. The van der Waals surface area contributed by atoms with Crippen LogP contribution in [0.4, 0.5) is 0 Å². The highest BCUT2D eigenvalue weighted by atomic mass is 35.5. The molecule has 0 aliphatic rings. The van der Waals surface area contributed by atoms with E-state index in [0.29, 0.717) is 0 Å². The number of halogens is 4. The van der Waals surface area contributed by atoms with Gasteiger partial charge in [0.1, 0.15) is 0 Å². The number of rotatable bonds is 22. The molecule has 0 saturated carbocycles. The van der Waals surface area contributed by atoms with E-state index in [1.54, 1.807) is 0 Å². The van der Waals surface area contributed by atoms with Crippen molar-refractivity contribution in [2.75, 3.05) is 39.3 Å². The first-order chi connectivity index (χ1) is 16.4. The quantitative estimate of drug-likeness (QED) is 0.111. The summed E-state index contributed by atoms with van der Waals surface area (Å²) in [6.07, 6.45) is 11.7. The summed E-state index contributed by atoms with van der Waals surface area (Å²) in [5.74, 6) is 0. The summed E-state index contributed by atoms with van der Waals surface area (Å²) in [6.45, 7) is 8.83. The Hall–Kier alpha value is -0.560. The molecule has 0 heterocycles. The Kier molecular flexibility index (Phi) is 35.0. The lowest BCUT2D eigenvalue weighted by atomic mass is 10.1. The second-order valence-electron chi connectivity index (χ2n) is 9.01. The highest BCUT2D eigenvalue weighted by Gasteiger charge is 1.95. The maximum Gasteiger partial charge on any atom is 0.0205 e. The minimum absolute atomic E-state index is 0. The third kappa shape index (κ3) is 25.5. The van der Waals surface area contributed by atoms with E-state index in [1.807, 2.05) is 0 Å². The number of nitrogens with one attached hydrogen (secondary N) is 4. The Balaban J connectivity index is -0.00000289. The zero-order chi connectivity index (χ0) is 23.1. The molecule has 0 amide bonds. The van der Waals surface area contributed by atoms with Gasteiger partial charge in [-0.25, -0.2) is 0 Å². The molecule has 0 aromatic heterocycles. The molecular weight excluding hydrogens is 546 g/mol. The van der Waals surface area contributed by atoms with Crippen molar-refractivity contribution in [3.05, 3.63) is 71.8 Å². The van der Waals surface area contributed by atoms with E-state index < -0.39 is 0 Å². The summed E-state index contributed by atoms with van der Waals surface area (Å²) in [4.78, 5) is 0. The van der Waals surface area contributed by atoms with Gasteiger partial charge in [0.25, 0.3) is 0 Å². The van der Waals surface area contributed by atoms with E-state index in [2.05, 4.69) is 81.9 Å². The van der Waals surface area contributed by atoms with E-state index in [9.17, 15) is 0 Å². The van der Waals surface area contributed by atoms with Crippen molar-refractivity contribution in [1.29, 1.82) is 0 Å². The normalized spacial score (nSPS) is 9.95. The van der Waals surface area contributed by atoms with Gasteiger partial charge in [-0.1, -0.05) is 79.9 Å². The molecule has 4 N–H and O–H groups in total. The van der Waals surface area contributed by atoms with Gasteiger partial charge in [0.2, 0.25) is 0 Å². The van der Waals surface area contributed by atoms with Crippen molar-refractivity contribution in [2.45, 2.75) is 70.9 Å². The van der Waals surface area contributed by atoms with Crippen LogP contribution in [0.2, 0.25) is 0 Å². The first-order valence-corrected chi connectivity index (χ1v) is 13.4. The molecule has 0 saturated heterocycles. The summed E-state index contributed by atoms with van der Waals surface area (Å²) in [7, 11) is 0. The predicted molar refractivity (Wildman–Crippen MR) is 173 cm³/mol. The van der Waals surface area contributed by atoms with Gasteiger partial charge in [0.05, 0.1) is 0 Å². The van der Waals surface area contributed by atoms with Crippen LogP contribution in [0.5, 0.6) is 0 Å². The third-order valence-corrected chi connectivity index (χ3v) is 5.97. The highest BCUT2D eigenvalue weighted by molar-refractivity contribution is 5.86. The molecule has 37 heavy (non-hydrogen) atoms. The second kappa shape index (κ2) is 31.7. The van der Waals surface area contributed by atoms with Gasteiger partial charge in [0, 0.05) is 13.1 Å². The van der Waals surface area contributed by atoms with Crippen LogP contribution >= 0.6 is 49.6 Å². The molecular formula is C29H52Cl4N4. The third-order valence-electron chi connectivity index (χ3n) is 5.97. The average Bonchev–Trinajstić information content (AvgIpc) is 2.86. The van der Waals surface area contributed by atoms with Crippen LogP contribution in [0, 0.1) is 0 Å². The van der Waals surface area contributed by atoms with Gasteiger partial charge >= 0.3 is 0 Å². The molecule has 2 aromatic rings. The van der Waals surface area contributed by atoms with Crippen molar-refractivity contribution in [1.82, 2.24) is 21.3 Å². The zero-order valence-electron chi connectivity index (χ0n) is 22.4. The molecule has 0 bridgehead atoms. The van der Waals surface area contributed by atoms with E-state index in [0.717, 1.165) is 39.3 Å². The topological polar surface area (TPSA) is 48.1 Å². The monoisotopic (exact) mass is 596 g/mol. The molecule has 0 aliphatic carbocycles. The fourth-order valence-electron chi connectivity index (χ4n) is 3.94. The molecule has 4 nitrogen and oxygen atoms in total.